The van der Waals surface area contributed by atoms with Crippen LogP contribution in [0.3, 0.4) is 0 Å². The van der Waals surface area contributed by atoms with Gasteiger partial charge in [0.15, 0.2) is 5.95 Å². The molecule has 0 aliphatic heterocycles. The molecular formula is C10H11Cl2N3. The molecule has 2 aromatic rings. The zero-order valence-corrected chi connectivity index (χ0v) is 9.50. The summed E-state index contributed by atoms with van der Waals surface area (Å²) in [6.07, 6.45) is 3.50. The van der Waals surface area contributed by atoms with Gasteiger partial charge in [0, 0.05) is 17.4 Å². The molecule has 0 spiro atoms. The SMILES string of the molecule is Cl.Nc1nccn1Cc1ccccc1Cl. The summed E-state index contributed by atoms with van der Waals surface area (Å²) in [4.78, 5) is 3.94. The number of rotatable bonds is 2. The van der Waals surface area contributed by atoms with Crippen LogP contribution in [-0.4, -0.2) is 9.55 Å². The lowest BCUT2D eigenvalue weighted by Crippen LogP contribution is -2.03. The first-order valence-corrected chi connectivity index (χ1v) is 4.65. The van der Waals surface area contributed by atoms with E-state index in [-0.39, 0.29) is 12.4 Å². The lowest BCUT2D eigenvalue weighted by molar-refractivity contribution is 0.811. The molecule has 0 saturated heterocycles. The monoisotopic (exact) mass is 243 g/mol. The number of benzene rings is 1. The number of nitrogens with zero attached hydrogens (tertiary/aromatic N) is 2. The highest BCUT2D eigenvalue weighted by atomic mass is 35.5. The van der Waals surface area contributed by atoms with E-state index >= 15 is 0 Å². The highest BCUT2D eigenvalue weighted by Gasteiger charge is 2.02. The number of halogens is 2. The van der Waals surface area contributed by atoms with Crippen LogP contribution in [0, 0.1) is 0 Å². The highest BCUT2D eigenvalue weighted by Crippen LogP contribution is 2.16. The number of imidazole rings is 1. The Morgan fingerprint density at radius 1 is 1.33 bits per heavy atom. The molecule has 0 aliphatic carbocycles. The Morgan fingerprint density at radius 3 is 2.67 bits per heavy atom. The van der Waals surface area contributed by atoms with Gasteiger partial charge in [0.25, 0.3) is 0 Å². The zero-order valence-electron chi connectivity index (χ0n) is 7.93. The molecule has 1 heterocycles. The molecule has 0 atom stereocenters. The second kappa shape index (κ2) is 5.05. The maximum absolute atomic E-state index is 6.02. The molecule has 80 valence electrons. The van der Waals surface area contributed by atoms with E-state index in [9.17, 15) is 0 Å². The largest absolute Gasteiger partial charge is 0.369 e. The third-order valence-electron chi connectivity index (χ3n) is 2.05. The van der Waals surface area contributed by atoms with Gasteiger partial charge in [-0.05, 0) is 11.6 Å². The smallest absolute Gasteiger partial charge is 0.200 e. The van der Waals surface area contributed by atoms with E-state index in [2.05, 4.69) is 4.98 Å². The van der Waals surface area contributed by atoms with Crippen molar-refractivity contribution >= 4 is 30.0 Å². The quantitative estimate of drug-likeness (QED) is 0.882. The van der Waals surface area contributed by atoms with Crippen molar-refractivity contribution in [3.05, 3.63) is 47.2 Å². The molecular weight excluding hydrogens is 233 g/mol. The van der Waals surface area contributed by atoms with Crippen molar-refractivity contribution in [2.45, 2.75) is 6.54 Å². The van der Waals surface area contributed by atoms with Crippen molar-refractivity contribution in [2.75, 3.05) is 5.73 Å². The van der Waals surface area contributed by atoms with Crippen LogP contribution in [0.4, 0.5) is 5.95 Å². The predicted molar refractivity (Wildman–Crippen MR) is 64.4 cm³/mol. The van der Waals surface area contributed by atoms with Crippen molar-refractivity contribution in [1.29, 1.82) is 0 Å². The first-order chi connectivity index (χ1) is 6.77. The molecule has 0 bridgehead atoms. The van der Waals surface area contributed by atoms with Crippen LogP contribution in [-0.2, 0) is 6.54 Å². The number of hydrogen-bond donors (Lipinski definition) is 1. The minimum Gasteiger partial charge on any atom is -0.369 e. The van der Waals surface area contributed by atoms with Crippen LogP contribution < -0.4 is 5.73 Å². The van der Waals surface area contributed by atoms with Crippen molar-refractivity contribution in [3.8, 4) is 0 Å². The van der Waals surface area contributed by atoms with Gasteiger partial charge in [-0.1, -0.05) is 29.8 Å². The van der Waals surface area contributed by atoms with E-state index in [1.807, 2.05) is 35.0 Å². The van der Waals surface area contributed by atoms with Gasteiger partial charge in [-0.15, -0.1) is 12.4 Å². The summed E-state index contributed by atoms with van der Waals surface area (Å²) >= 11 is 6.02. The fourth-order valence-electron chi connectivity index (χ4n) is 1.28. The lowest BCUT2D eigenvalue weighted by Gasteiger charge is -2.06. The summed E-state index contributed by atoms with van der Waals surface area (Å²) in [7, 11) is 0. The fourth-order valence-corrected chi connectivity index (χ4v) is 1.48. The number of anilines is 1. The summed E-state index contributed by atoms with van der Waals surface area (Å²) in [5.41, 5.74) is 6.69. The molecule has 0 aliphatic rings. The number of nitrogen functional groups attached to an aromatic ring is 1. The van der Waals surface area contributed by atoms with Crippen LogP contribution in [0.5, 0.6) is 0 Å². The van der Waals surface area contributed by atoms with Crippen molar-refractivity contribution in [2.24, 2.45) is 0 Å². The molecule has 0 radical (unpaired) electrons. The molecule has 0 fully saturated rings. The van der Waals surface area contributed by atoms with E-state index in [0.717, 1.165) is 10.6 Å². The topological polar surface area (TPSA) is 43.8 Å². The Bertz CT molecular complexity index is 440. The van der Waals surface area contributed by atoms with Crippen molar-refractivity contribution < 1.29 is 0 Å². The average molecular weight is 244 g/mol. The standard InChI is InChI=1S/C10H10ClN3.ClH/c11-9-4-2-1-3-8(9)7-14-6-5-13-10(14)12;/h1-6H,7H2,(H2,12,13);1H. The van der Waals surface area contributed by atoms with Crippen LogP contribution in [0.15, 0.2) is 36.7 Å². The zero-order chi connectivity index (χ0) is 9.97. The van der Waals surface area contributed by atoms with Crippen LogP contribution in [0.25, 0.3) is 0 Å². The first-order valence-electron chi connectivity index (χ1n) is 4.27. The van der Waals surface area contributed by atoms with Crippen LogP contribution in [0.2, 0.25) is 5.02 Å². The van der Waals surface area contributed by atoms with Gasteiger partial charge < -0.3 is 10.3 Å². The molecule has 2 rings (SSSR count). The fraction of sp³-hybridized carbons (Fsp3) is 0.100. The Morgan fingerprint density at radius 2 is 2.07 bits per heavy atom. The summed E-state index contributed by atoms with van der Waals surface area (Å²) in [5.74, 6) is 0.505. The summed E-state index contributed by atoms with van der Waals surface area (Å²) < 4.78 is 1.85. The molecule has 1 aromatic heterocycles. The molecule has 5 heteroatoms. The van der Waals surface area contributed by atoms with Crippen molar-refractivity contribution in [1.82, 2.24) is 9.55 Å². The number of nitrogens with two attached hydrogens (primary N) is 1. The van der Waals surface area contributed by atoms with Gasteiger partial charge >= 0.3 is 0 Å². The number of aromatic nitrogens is 2. The maximum Gasteiger partial charge on any atom is 0.200 e. The Balaban J connectivity index is 0.00000112. The lowest BCUT2D eigenvalue weighted by atomic mass is 10.2. The third-order valence-corrected chi connectivity index (χ3v) is 2.41. The Labute approximate surface area is 99.3 Å². The second-order valence-corrected chi connectivity index (χ2v) is 3.41. The molecule has 2 N–H and O–H groups in total. The van der Waals surface area contributed by atoms with Gasteiger partial charge in [-0.25, -0.2) is 4.98 Å². The molecule has 0 amide bonds. The molecule has 3 nitrogen and oxygen atoms in total. The van der Waals surface area contributed by atoms with E-state index in [1.165, 1.54) is 0 Å². The molecule has 0 unspecified atom stereocenters. The van der Waals surface area contributed by atoms with Gasteiger partial charge in [0.05, 0.1) is 6.54 Å². The normalized spacial score (nSPS) is 9.67. The molecule has 15 heavy (non-hydrogen) atoms. The Hall–Kier alpha value is -1.19. The summed E-state index contributed by atoms with van der Waals surface area (Å²) in [5, 5.41) is 0.751. The minimum atomic E-state index is 0. The van der Waals surface area contributed by atoms with Crippen LogP contribution >= 0.6 is 24.0 Å². The second-order valence-electron chi connectivity index (χ2n) is 3.00. The van der Waals surface area contributed by atoms with E-state index in [4.69, 9.17) is 17.3 Å². The van der Waals surface area contributed by atoms with Gasteiger partial charge in [0.1, 0.15) is 0 Å². The van der Waals surface area contributed by atoms with E-state index in [1.54, 1.807) is 6.20 Å². The molecule has 0 saturated carbocycles. The average Bonchev–Trinajstić information content (AvgIpc) is 2.56. The van der Waals surface area contributed by atoms with E-state index < -0.39 is 0 Å². The van der Waals surface area contributed by atoms with Gasteiger partial charge in [-0.3, -0.25) is 0 Å². The summed E-state index contributed by atoms with van der Waals surface area (Å²) in [6.45, 7) is 0.658. The Kier molecular flexibility index (Phi) is 4.00. The van der Waals surface area contributed by atoms with Crippen molar-refractivity contribution in [3.63, 3.8) is 0 Å². The minimum absolute atomic E-state index is 0. The van der Waals surface area contributed by atoms with E-state index in [0.29, 0.717) is 12.5 Å². The first kappa shape index (κ1) is 11.9. The third kappa shape index (κ3) is 2.64. The van der Waals surface area contributed by atoms with Crippen LogP contribution in [0.1, 0.15) is 5.56 Å². The number of hydrogen-bond acceptors (Lipinski definition) is 2. The van der Waals surface area contributed by atoms with Gasteiger partial charge in [-0.2, -0.15) is 0 Å². The van der Waals surface area contributed by atoms with Gasteiger partial charge in [0.2, 0.25) is 0 Å². The summed E-state index contributed by atoms with van der Waals surface area (Å²) in [6, 6.07) is 7.70. The maximum atomic E-state index is 6.02. The predicted octanol–water partition coefficient (Wildman–Crippen LogP) is 2.59. The highest BCUT2D eigenvalue weighted by molar-refractivity contribution is 6.31. The molecule has 1 aromatic carbocycles.